The number of morpholine rings is 1. The fourth-order valence-electron chi connectivity index (χ4n) is 4.20. The Morgan fingerprint density at radius 1 is 1.06 bits per heavy atom. The minimum absolute atomic E-state index is 0.0153. The van der Waals surface area contributed by atoms with Crippen LogP contribution >= 0.6 is 11.3 Å². The molecule has 7 nitrogen and oxygen atoms in total. The molecule has 1 aromatic carbocycles. The van der Waals surface area contributed by atoms with E-state index in [-0.39, 0.29) is 18.4 Å². The van der Waals surface area contributed by atoms with Crippen molar-refractivity contribution in [2.24, 2.45) is 0 Å². The first-order valence-corrected chi connectivity index (χ1v) is 11.5. The molecule has 2 aliphatic rings. The van der Waals surface area contributed by atoms with Crippen LogP contribution in [0.3, 0.4) is 0 Å². The highest BCUT2D eigenvalue weighted by Gasteiger charge is 2.26. The maximum Gasteiger partial charge on any atom is 0.274 e. The summed E-state index contributed by atoms with van der Waals surface area (Å²) in [5.41, 5.74) is 3.35. The van der Waals surface area contributed by atoms with E-state index in [1.54, 1.807) is 27.0 Å². The molecule has 1 fully saturated rings. The third-order valence-electron chi connectivity index (χ3n) is 5.77. The van der Waals surface area contributed by atoms with Crippen LogP contribution < -0.4 is 4.90 Å². The van der Waals surface area contributed by atoms with Crippen LogP contribution in [-0.4, -0.2) is 59.3 Å². The lowest BCUT2D eigenvalue weighted by Crippen LogP contribution is -2.41. The summed E-state index contributed by atoms with van der Waals surface area (Å²) in [4.78, 5) is 30.9. The molecule has 0 radical (unpaired) electrons. The SMILES string of the molecule is O=C(c1cc(-c2cccs2)n(CC(=O)N2CCCc3ccccc32)n1)N1CCOCC1. The van der Waals surface area contributed by atoms with Gasteiger partial charge in [-0.2, -0.15) is 5.10 Å². The largest absolute Gasteiger partial charge is 0.378 e. The fourth-order valence-corrected chi connectivity index (χ4v) is 4.94. The molecule has 0 N–H and O–H groups in total. The van der Waals surface area contributed by atoms with E-state index in [4.69, 9.17) is 4.74 Å². The number of aryl methyl sites for hydroxylation is 1. The molecular weight excluding hydrogens is 412 g/mol. The molecule has 3 aromatic rings. The number of hydrogen-bond donors (Lipinski definition) is 0. The molecule has 1 saturated heterocycles. The molecule has 0 atom stereocenters. The maximum atomic E-state index is 13.3. The lowest BCUT2D eigenvalue weighted by Gasteiger charge is -2.29. The minimum Gasteiger partial charge on any atom is -0.378 e. The average molecular weight is 437 g/mol. The van der Waals surface area contributed by atoms with E-state index in [2.05, 4.69) is 11.2 Å². The highest BCUT2D eigenvalue weighted by atomic mass is 32.1. The summed E-state index contributed by atoms with van der Waals surface area (Å²) in [5, 5.41) is 6.56. The molecule has 0 saturated carbocycles. The van der Waals surface area contributed by atoms with Gasteiger partial charge in [0.15, 0.2) is 5.69 Å². The third kappa shape index (κ3) is 4.00. The number of amides is 2. The second kappa shape index (κ2) is 8.64. The van der Waals surface area contributed by atoms with Crippen LogP contribution in [0.25, 0.3) is 10.6 Å². The van der Waals surface area contributed by atoms with Crippen LogP contribution in [0, 0.1) is 0 Å². The van der Waals surface area contributed by atoms with Gasteiger partial charge in [-0.15, -0.1) is 11.3 Å². The van der Waals surface area contributed by atoms with Crippen LogP contribution in [-0.2, 0) is 22.5 Å². The first-order valence-electron chi connectivity index (χ1n) is 10.6. The molecule has 2 aliphatic heterocycles. The number of benzene rings is 1. The summed E-state index contributed by atoms with van der Waals surface area (Å²) in [6.45, 7) is 2.99. The second-order valence-electron chi connectivity index (χ2n) is 7.73. The van der Waals surface area contributed by atoms with Gasteiger partial charge < -0.3 is 14.5 Å². The van der Waals surface area contributed by atoms with Gasteiger partial charge in [-0.05, 0) is 42.0 Å². The van der Waals surface area contributed by atoms with Gasteiger partial charge in [0.25, 0.3) is 5.91 Å². The minimum atomic E-state index is -0.115. The molecule has 0 bridgehead atoms. The summed E-state index contributed by atoms with van der Waals surface area (Å²) in [5.74, 6) is -0.131. The zero-order valence-electron chi connectivity index (χ0n) is 17.2. The number of hydrogen-bond acceptors (Lipinski definition) is 5. The summed E-state index contributed by atoms with van der Waals surface area (Å²) in [6.07, 6.45) is 1.93. The zero-order chi connectivity index (χ0) is 21.2. The van der Waals surface area contributed by atoms with E-state index in [1.807, 2.05) is 40.6 Å². The number of aromatic nitrogens is 2. The number of carbonyl (C=O) groups is 2. The number of ether oxygens (including phenoxy) is 1. The molecular formula is C23H24N4O3S. The van der Waals surface area contributed by atoms with E-state index in [1.165, 1.54) is 5.56 Å². The van der Waals surface area contributed by atoms with Gasteiger partial charge in [-0.1, -0.05) is 24.3 Å². The molecule has 0 unspecified atom stereocenters. The normalized spacial score (nSPS) is 16.3. The monoisotopic (exact) mass is 436 g/mol. The van der Waals surface area contributed by atoms with Crippen LogP contribution in [0.1, 0.15) is 22.5 Å². The number of anilines is 1. The van der Waals surface area contributed by atoms with E-state index >= 15 is 0 Å². The van der Waals surface area contributed by atoms with Gasteiger partial charge in [0, 0.05) is 25.3 Å². The van der Waals surface area contributed by atoms with Crippen molar-refractivity contribution < 1.29 is 14.3 Å². The molecule has 8 heteroatoms. The van der Waals surface area contributed by atoms with E-state index in [0.29, 0.717) is 38.5 Å². The first kappa shape index (κ1) is 20.0. The topological polar surface area (TPSA) is 67.7 Å². The second-order valence-corrected chi connectivity index (χ2v) is 8.68. The number of thiophene rings is 1. The Hall–Kier alpha value is -2.97. The maximum absolute atomic E-state index is 13.3. The van der Waals surface area contributed by atoms with Crippen molar-refractivity contribution in [1.82, 2.24) is 14.7 Å². The Balaban J connectivity index is 1.44. The predicted octanol–water partition coefficient (Wildman–Crippen LogP) is 3.06. The summed E-state index contributed by atoms with van der Waals surface area (Å²) in [7, 11) is 0. The lowest BCUT2D eigenvalue weighted by molar-refractivity contribution is -0.119. The van der Waals surface area contributed by atoms with E-state index < -0.39 is 0 Å². The van der Waals surface area contributed by atoms with Gasteiger partial charge in [-0.3, -0.25) is 14.3 Å². The van der Waals surface area contributed by atoms with Crippen molar-refractivity contribution in [2.75, 3.05) is 37.7 Å². The predicted molar refractivity (Wildman–Crippen MR) is 119 cm³/mol. The number of nitrogens with zero attached hydrogens (tertiary/aromatic N) is 4. The van der Waals surface area contributed by atoms with Gasteiger partial charge in [0.1, 0.15) is 6.54 Å². The Labute approximate surface area is 184 Å². The van der Waals surface area contributed by atoms with Crippen molar-refractivity contribution >= 4 is 28.8 Å². The van der Waals surface area contributed by atoms with E-state index in [0.717, 1.165) is 29.1 Å². The van der Waals surface area contributed by atoms with Crippen LogP contribution in [0.15, 0.2) is 47.8 Å². The molecule has 2 aromatic heterocycles. The molecule has 0 aliphatic carbocycles. The van der Waals surface area contributed by atoms with Crippen molar-refractivity contribution in [3.05, 3.63) is 59.1 Å². The quantitative estimate of drug-likeness (QED) is 0.630. The van der Waals surface area contributed by atoms with Crippen LogP contribution in [0.2, 0.25) is 0 Å². The van der Waals surface area contributed by atoms with Gasteiger partial charge in [0.2, 0.25) is 5.91 Å². The number of fused-ring (bicyclic) bond motifs is 1. The Morgan fingerprint density at radius 3 is 2.71 bits per heavy atom. The molecule has 5 rings (SSSR count). The van der Waals surface area contributed by atoms with E-state index in [9.17, 15) is 9.59 Å². The Kier molecular flexibility index (Phi) is 5.57. The van der Waals surface area contributed by atoms with Crippen molar-refractivity contribution in [1.29, 1.82) is 0 Å². The molecule has 31 heavy (non-hydrogen) atoms. The molecule has 160 valence electrons. The molecule has 2 amide bonds. The molecule has 4 heterocycles. The van der Waals surface area contributed by atoms with Gasteiger partial charge in [0.05, 0.1) is 23.8 Å². The standard InChI is InChI=1S/C23H24N4O3S/c28-22(26-9-3-6-17-5-1-2-7-19(17)26)16-27-20(21-8-4-14-31-21)15-18(24-27)23(29)25-10-12-30-13-11-25/h1-2,4-5,7-8,14-15H,3,6,9-13,16H2. The smallest absolute Gasteiger partial charge is 0.274 e. The number of para-hydroxylation sites is 1. The van der Waals surface area contributed by atoms with Crippen molar-refractivity contribution in [2.45, 2.75) is 19.4 Å². The third-order valence-corrected chi connectivity index (χ3v) is 6.66. The van der Waals surface area contributed by atoms with Crippen molar-refractivity contribution in [3.8, 4) is 10.6 Å². The number of rotatable bonds is 4. The fraction of sp³-hybridized carbons (Fsp3) is 0.348. The number of carbonyl (C=O) groups excluding carboxylic acids is 2. The van der Waals surface area contributed by atoms with Crippen LogP contribution in [0.4, 0.5) is 5.69 Å². The van der Waals surface area contributed by atoms with Gasteiger partial charge in [-0.25, -0.2) is 0 Å². The zero-order valence-corrected chi connectivity index (χ0v) is 18.0. The highest BCUT2D eigenvalue weighted by molar-refractivity contribution is 7.13. The lowest BCUT2D eigenvalue weighted by atomic mass is 10.0. The molecule has 0 spiro atoms. The average Bonchev–Trinajstić information content (AvgIpc) is 3.49. The van der Waals surface area contributed by atoms with Gasteiger partial charge >= 0.3 is 0 Å². The summed E-state index contributed by atoms with van der Waals surface area (Å²) in [6, 6.07) is 13.8. The van der Waals surface area contributed by atoms with Crippen LogP contribution in [0.5, 0.6) is 0 Å². The highest BCUT2D eigenvalue weighted by Crippen LogP contribution is 2.29. The summed E-state index contributed by atoms with van der Waals surface area (Å²) < 4.78 is 7.03. The first-order chi connectivity index (χ1) is 15.2. The van der Waals surface area contributed by atoms with Crippen molar-refractivity contribution in [3.63, 3.8) is 0 Å². The Bertz CT molecular complexity index is 1090. The summed E-state index contributed by atoms with van der Waals surface area (Å²) >= 11 is 1.57. The Morgan fingerprint density at radius 2 is 1.90 bits per heavy atom.